The molecule has 0 bridgehead atoms. The molecular formula is C13H19FN2S. The molecule has 2 atom stereocenters. The predicted octanol–water partition coefficient (Wildman–Crippen LogP) is 3.05. The average Bonchev–Trinajstić information content (AvgIpc) is 2.28. The molecule has 1 aromatic carbocycles. The van der Waals surface area contributed by atoms with Crippen molar-refractivity contribution in [3.8, 4) is 0 Å². The van der Waals surface area contributed by atoms with E-state index in [2.05, 4.69) is 18.7 Å². The lowest BCUT2D eigenvalue weighted by molar-refractivity contribution is 0.612. The maximum atomic E-state index is 13.4. The highest BCUT2D eigenvalue weighted by Gasteiger charge is 2.26. The van der Waals surface area contributed by atoms with Gasteiger partial charge in [0.1, 0.15) is 5.82 Å². The van der Waals surface area contributed by atoms with Gasteiger partial charge in [0.25, 0.3) is 0 Å². The number of anilines is 2. The summed E-state index contributed by atoms with van der Waals surface area (Å²) >= 11 is 1.98. The molecule has 2 rings (SSSR count). The second kappa shape index (κ2) is 4.77. The number of hydrogen-bond acceptors (Lipinski definition) is 3. The van der Waals surface area contributed by atoms with Gasteiger partial charge in [-0.15, -0.1) is 0 Å². The molecular weight excluding hydrogens is 235 g/mol. The molecule has 2 N–H and O–H groups in total. The summed E-state index contributed by atoms with van der Waals surface area (Å²) < 4.78 is 13.4. The molecule has 1 aliphatic heterocycles. The lowest BCUT2D eigenvalue weighted by atomic mass is 10.1. The molecule has 4 heteroatoms. The van der Waals surface area contributed by atoms with Crippen LogP contribution in [0.3, 0.4) is 0 Å². The third kappa shape index (κ3) is 2.37. The van der Waals surface area contributed by atoms with Gasteiger partial charge in [0, 0.05) is 23.6 Å². The standard InChI is InChI=1S/C13H19FN2S/c1-8-6-13(12(15)7-11(8)14)16-4-5-17-10(3)9(16)2/h6-7,9-10H,4-5,15H2,1-3H3. The molecule has 1 fully saturated rings. The van der Waals surface area contributed by atoms with Crippen LogP contribution in [0.1, 0.15) is 19.4 Å². The van der Waals surface area contributed by atoms with E-state index in [0.717, 1.165) is 18.0 Å². The van der Waals surface area contributed by atoms with Gasteiger partial charge in [-0.25, -0.2) is 4.39 Å². The maximum absolute atomic E-state index is 13.4. The first kappa shape index (κ1) is 12.6. The first-order valence-electron chi connectivity index (χ1n) is 5.94. The van der Waals surface area contributed by atoms with Crippen LogP contribution in [-0.2, 0) is 0 Å². The van der Waals surface area contributed by atoms with Crippen LogP contribution in [0.15, 0.2) is 12.1 Å². The summed E-state index contributed by atoms with van der Waals surface area (Å²) in [5.41, 5.74) is 8.12. The van der Waals surface area contributed by atoms with Crippen molar-refractivity contribution in [1.29, 1.82) is 0 Å². The van der Waals surface area contributed by atoms with Gasteiger partial charge in [0.15, 0.2) is 0 Å². The van der Waals surface area contributed by atoms with Crippen molar-refractivity contribution in [2.24, 2.45) is 0 Å². The number of hydrogen-bond donors (Lipinski definition) is 1. The molecule has 17 heavy (non-hydrogen) atoms. The molecule has 1 saturated heterocycles. The maximum Gasteiger partial charge on any atom is 0.128 e. The van der Waals surface area contributed by atoms with Crippen molar-refractivity contribution in [3.05, 3.63) is 23.5 Å². The van der Waals surface area contributed by atoms with Gasteiger partial charge < -0.3 is 10.6 Å². The SMILES string of the molecule is Cc1cc(N2CCSC(C)C2C)c(N)cc1F. The van der Waals surface area contributed by atoms with E-state index in [4.69, 9.17) is 5.73 Å². The summed E-state index contributed by atoms with van der Waals surface area (Å²) in [6.07, 6.45) is 0. The Morgan fingerprint density at radius 3 is 2.82 bits per heavy atom. The smallest absolute Gasteiger partial charge is 0.128 e. The first-order valence-corrected chi connectivity index (χ1v) is 6.99. The third-order valence-corrected chi connectivity index (χ3v) is 4.84. The zero-order chi connectivity index (χ0) is 12.6. The van der Waals surface area contributed by atoms with E-state index in [1.807, 2.05) is 17.8 Å². The summed E-state index contributed by atoms with van der Waals surface area (Å²) in [6, 6.07) is 3.73. The minimum Gasteiger partial charge on any atom is -0.397 e. The molecule has 1 aromatic rings. The van der Waals surface area contributed by atoms with Crippen molar-refractivity contribution < 1.29 is 4.39 Å². The number of nitrogen functional groups attached to an aromatic ring is 1. The normalized spacial score (nSPS) is 25.1. The number of thioether (sulfide) groups is 1. The quantitative estimate of drug-likeness (QED) is 0.781. The zero-order valence-electron chi connectivity index (χ0n) is 10.5. The number of benzene rings is 1. The molecule has 1 heterocycles. The largest absolute Gasteiger partial charge is 0.397 e. The van der Waals surface area contributed by atoms with E-state index >= 15 is 0 Å². The second-order valence-electron chi connectivity index (χ2n) is 4.67. The molecule has 1 aliphatic rings. The Hall–Kier alpha value is -0.900. The molecule has 94 valence electrons. The van der Waals surface area contributed by atoms with E-state index in [9.17, 15) is 4.39 Å². The molecule has 0 aliphatic carbocycles. The van der Waals surface area contributed by atoms with Crippen LogP contribution >= 0.6 is 11.8 Å². The summed E-state index contributed by atoms with van der Waals surface area (Å²) in [6.45, 7) is 7.19. The minimum absolute atomic E-state index is 0.224. The van der Waals surface area contributed by atoms with Gasteiger partial charge in [-0.05, 0) is 31.5 Å². The van der Waals surface area contributed by atoms with E-state index in [0.29, 0.717) is 22.5 Å². The van der Waals surface area contributed by atoms with Gasteiger partial charge in [-0.3, -0.25) is 0 Å². The summed E-state index contributed by atoms with van der Waals surface area (Å²) in [5.74, 6) is 0.875. The van der Waals surface area contributed by atoms with Crippen LogP contribution in [0.2, 0.25) is 0 Å². The van der Waals surface area contributed by atoms with E-state index in [1.165, 1.54) is 6.07 Å². The topological polar surface area (TPSA) is 29.3 Å². The Labute approximate surface area is 106 Å². The monoisotopic (exact) mass is 254 g/mol. The van der Waals surface area contributed by atoms with Crippen molar-refractivity contribution in [2.45, 2.75) is 32.1 Å². The lowest BCUT2D eigenvalue weighted by Crippen LogP contribution is -2.45. The van der Waals surface area contributed by atoms with Gasteiger partial charge in [-0.1, -0.05) is 6.92 Å². The van der Waals surface area contributed by atoms with Crippen molar-refractivity contribution >= 4 is 23.1 Å². The fourth-order valence-corrected chi connectivity index (χ4v) is 3.30. The molecule has 2 nitrogen and oxygen atoms in total. The molecule has 0 saturated carbocycles. The predicted molar refractivity (Wildman–Crippen MR) is 74.3 cm³/mol. The highest BCUT2D eigenvalue weighted by molar-refractivity contribution is 8.00. The third-order valence-electron chi connectivity index (χ3n) is 3.50. The summed E-state index contributed by atoms with van der Waals surface area (Å²) in [7, 11) is 0. The summed E-state index contributed by atoms with van der Waals surface area (Å²) in [5, 5.41) is 0.577. The van der Waals surface area contributed by atoms with E-state index in [-0.39, 0.29) is 5.82 Å². The Morgan fingerprint density at radius 1 is 1.41 bits per heavy atom. The highest BCUT2D eigenvalue weighted by Crippen LogP contribution is 2.33. The number of nitrogens with two attached hydrogens (primary N) is 1. The summed E-state index contributed by atoms with van der Waals surface area (Å²) in [4.78, 5) is 2.29. The van der Waals surface area contributed by atoms with Crippen LogP contribution in [0.25, 0.3) is 0 Å². The molecule has 0 radical (unpaired) electrons. The average molecular weight is 254 g/mol. The van der Waals surface area contributed by atoms with Gasteiger partial charge in [0.2, 0.25) is 0 Å². The first-order chi connectivity index (χ1) is 8.00. The number of halogens is 1. The van der Waals surface area contributed by atoms with Crippen molar-refractivity contribution in [2.75, 3.05) is 22.9 Å². The lowest BCUT2D eigenvalue weighted by Gasteiger charge is -2.39. The van der Waals surface area contributed by atoms with Crippen LogP contribution in [0.5, 0.6) is 0 Å². The van der Waals surface area contributed by atoms with Crippen LogP contribution < -0.4 is 10.6 Å². The van der Waals surface area contributed by atoms with Gasteiger partial charge in [-0.2, -0.15) is 11.8 Å². The van der Waals surface area contributed by atoms with Gasteiger partial charge in [0.05, 0.1) is 11.4 Å². The molecule has 0 aromatic heterocycles. The fourth-order valence-electron chi connectivity index (χ4n) is 2.20. The highest BCUT2D eigenvalue weighted by atomic mass is 32.2. The fraction of sp³-hybridized carbons (Fsp3) is 0.538. The van der Waals surface area contributed by atoms with Crippen molar-refractivity contribution in [1.82, 2.24) is 0 Å². The van der Waals surface area contributed by atoms with Crippen LogP contribution in [0.4, 0.5) is 15.8 Å². The Bertz CT molecular complexity index is 422. The Morgan fingerprint density at radius 2 is 2.12 bits per heavy atom. The molecule has 0 spiro atoms. The number of nitrogens with zero attached hydrogens (tertiary/aromatic N) is 1. The van der Waals surface area contributed by atoms with Gasteiger partial charge >= 0.3 is 0 Å². The number of aryl methyl sites for hydroxylation is 1. The Kier molecular flexibility index (Phi) is 3.52. The minimum atomic E-state index is -0.224. The van der Waals surface area contributed by atoms with Crippen LogP contribution in [-0.4, -0.2) is 23.6 Å². The van der Waals surface area contributed by atoms with E-state index < -0.39 is 0 Å². The van der Waals surface area contributed by atoms with Crippen molar-refractivity contribution in [3.63, 3.8) is 0 Å². The molecule has 0 amide bonds. The second-order valence-corrected chi connectivity index (χ2v) is 6.16. The Balaban J connectivity index is 2.36. The van der Waals surface area contributed by atoms with Crippen LogP contribution in [0, 0.1) is 12.7 Å². The molecule has 2 unspecified atom stereocenters. The zero-order valence-corrected chi connectivity index (χ0v) is 11.4. The van der Waals surface area contributed by atoms with E-state index in [1.54, 1.807) is 6.92 Å². The number of rotatable bonds is 1.